The standard InChI is InChI=1S/C78H100N10O17/c1-43(2)41-86-31-33-87(34-32-86)53-38-57(101-42-51-22-24-52(25-23-51)81-75(97)55(20-17-29-80-77(79)99)82-76(98)65(44(3)4)83-59(90)21-14-13-15-30-88-60(91)26-27-61(88)92)66-58(39-53)104-72-67(84-66)62-63-69(93)49(9)71-64(62)73(95)78(11,105-71)102-35-28-54(100-12)40-56(103-50(10)89)48(8)37-46(6)36-45(5)18-16-19-47(7)74(96)85-68(72)70(63)94/h16,18-19,22-28,35,38-39,43-46,48,54-56,65,93H,13-15,17,20-21,29-34,36-37,40-42H2,1-12H3,(H,81,97)(H,82,98)(H,83,90)(H,85,96)(H3,79,80,99)/b18-16+,35-28+,47-19-/t45-,46+,48+,54-,55-,56+,65-,78-/m0/s1. The second kappa shape index (κ2) is 35.1. The van der Waals surface area contributed by atoms with Gasteiger partial charge in [0, 0.05) is 132 Å². The van der Waals surface area contributed by atoms with Gasteiger partial charge < -0.3 is 70.4 Å². The van der Waals surface area contributed by atoms with Gasteiger partial charge in [-0.2, -0.15) is 0 Å². The fourth-order valence-corrected chi connectivity index (χ4v) is 13.9. The highest BCUT2D eigenvalue weighted by molar-refractivity contribution is 6.22. The highest BCUT2D eigenvalue weighted by Gasteiger charge is 2.50. The number of Topliss-reactive ketones (excluding diaryl/α,β-unsaturated/α-hetero) is 1. The van der Waals surface area contributed by atoms with Gasteiger partial charge in [-0.1, -0.05) is 85.2 Å². The Labute approximate surface area is 611 Å². The van der Waals surface area contributed by atoms with Crippen molar-refractivity contribution in [3.8, 4) is 28.7 Å². The van der Waals surface area contributed by atoms with Crippen LogP contribution in [0.3, 0.4) is 0 Å². The number of hydrogen-bond donors (Lipinski definition) is 7. The third-order valence-corrected chi connectivity index (χ3v) is 19.5. The summed E-state index contributed by atoms with van der Waals surface area (Å²) >= 11 is 0. The lowest BCUT2D eigenvalue weighted by Gasteiger charge is -2.37. The van der Waals surface area contributed by atoms with E-state index >= 15 is 9.59 Å². The lowest BCUT2D eigenvalue weighted by Crippen LogP contribution is -2.54. The molecule has 3 aromatic rings. The summed E-state index contributed by atoms with van der Waals surface area (Å²) in [5.41, 5.74) is 6.02. The number of carbonyl (C=O) groups excluding carboxylic acids is 9. The fraction of sp³-hybridized carbons (Fsp3) is 0.500. The van der Waals surface area contributed by atoms with Crippen LogP contribution in [0.1, 0.15) is 149 Å². The summed E-state index contributed by atoms with van der Waals surface area (Å²) in [7, 11) is 1.51. The molecule has 5 heterocycles. The molecule has 0 saturated carbocycles. The number of phenols is 1. The smallest absolute Gasteiger partial charge is 0.312 e. The number of ketones is 1. The Morgan fingerprint density at radius 2 is 1.58 bits per heavy atom. The first kappa shape index (κ1) is 79.0. The molecule has 105 heavy (non-hydrogen) atoms. The molecule has 27 heteroatoms. The number of piperazine rings is 1. The molecule has 4 bridgehead atoms. The molecule has 1 fully saturated rings. The van der Waals surface area contributed by atoms with Crippen LogP contribution in [-0.4, -0.2) is 156 Å². The number of rotatable bonds is 24. The van der Waals surface area contributed by atoms with Crippen LogP contribution in [0.5, 0.6) is 17.2 Å². The summed E-state index contributed by atoms with van der Waals surface area (Å²) in [5, 5.41) is 25.6. The summed E-state index contributed by atoms with van der Waals surface area (Å²) < 4.78 is 38.1. The van der Waals surface area contributed by atoms with E-state index in [4.69, 9.17) is 38.8 Å². The molecule has 5 aliphatic heterocycles. The third kappa shape index (κ3) is 19.6. The number of anilines is 3. The minimum Gasteiger partial charge on any atom is -0.507 e. The maximum atomic E-state index is 15.4. The van der Waals surface area contributed by atoms with Crippen LogP contribution in [0.25, 0.3) is 33.3 Å². The zero-order valence-electron chi connectivity index (χ0n) is 62.1. The number of urea groups is 1. The number of phenolic OH excluding ortho intramolecular Hbond substituents is 1. The van der Waals surface area contributed by atoms with Crippen molar-refractivity contribution in [1.82, 2.24) is 30.7 Å². The molecule has 3 aromatic carbocycles. The van der Waals surface area contributed by atoms with Gasteiger partial charge >= 0.3 is 17.8 Å². The highest BCUT2D eigenvalue weighted by Crippen LogP contribution is 2.51. The second-order valence-corrected chi connectivity index (χ2v) is 28.9. The Kier molecular flexibility index (Phi) is 26.4. The molecule has 27 nitrogen and oxygen atoms in total. The molecule has 0 unspecified atom stereocenters. The quantitative estimate of drug-likeness (QED) is 0.00993. The summed E-state index contributed by atoms with van der Waals surface area (Å²) in [6.45, 7) is 23.9. The van der Waals surface area contributed by atoms with Gasteiger partial charge in [-0.25, -0.2) is 9.78 Å². The number of aromatic nitrogens is 1. The van der Waals surface area contributed by atoms with Crippen molar-refractivity contribution in [3.63, 3.8) is 0 Å². The predicted octanol–water partition coefficient (Wildman–Crippen LogP) is 9.62. The molecule has 8 N–H and O–H groups in total. The number of amides is 8. The largest absolute Gasteiger partial charge is 0.507 e. The first-order chi connectivity index (χ1) is 49.9. The van der Waals surface area contributed by atoms with Gasteiger partial charge in [0.15, 0.2) is 17.1 Å². The van der Waals surface area contributed by atoms with E-state index in [1.807, 2.05) is 19.1 Å². The van der Waals surface area contributed by atoms with Crippen LogP contribution in [-0.2, 0) is 54.4 Å². The number of allylic oxidation sites excluding steroid dienone is 3. The first-order valence-electron chi connectivity index (χ1n) is 36.2. The zero-order chi connectivity index (χ0) is 76.1. The number of aromatic hydroxyl groups is 1. The minimum atomic E-state index is -2.09. The van der Waals surface area contributed by atoms with E-state index in [1.165, 1.54) is 46.3 Å². The molecule has 6 aliphatic rings. The number of imide groups is 1. The van der Waals surface area contributed by atoms with Crippen molar-refractivity contribution in [2.45, 2.75) is 171 Å². The lowest BCUT2D eigenvalue weighted by atomic mass is 9.85. The maximum Gasteiger partial charge on any atom is 0.312 e. The van der Waals surface area contributed by atoms with E-state index < -0.39 is 88.6 Å². The van der Waals surface area contributed by atoms with Gasteiger partial charge in [-0.15, -0.1) is 0 Å². The van der Waals surface area contributed by atoms with Gasteiger partial charge in [-0.05, 0) is 106 Å². The van der Waals surface area contributed by atoms with Gasteiger partial charge in [-0.3, -0.25) is 53.0 Å². The normalized spacial score (nSPS) is 22.2. The topological polar surface area (TPSA) is 359 Å². The lowest BCUT2D eigenvalue weighted by molar-refractivity contribution is -0.151. The number of benzene rings is 4. The average molecular weight is 1450 g/mol. The van der Waals surface area contributed by atoms with E-state index in [0.717, 1.165) is 37.4 Å². The second-order valence-electron chi connectivity index (χ2n) is 28.9. The molecule has 8 amide bonds. The number of fused-ring (bicyclic) bond motifs is 2. The maximum absolute atomic E-state index is 15.4. The predicted molar refractivity (Wildman–Crippen MR) is 396 cm³/mol. The summed E-state index contributed by atoms with van der Waals surface area (Å²) in [5.74, 6) is -6.71. The molecule has 0 spiro atoms. The number of methoxy groups -OCH3 is 1. The Morgan fingerprint density at radius 1 is 0.867 bits per heavy atom. The van der Waals surface area contributed by atoms with Crippen molar-refractivity contribution in [3.05, 3.63) is 112 Å². The van der Waals surface area contributed by atoms with E-state index in [9.17, 15) is 43.5 Å². The van der Waals surface area contributed by atoms with Gasteiger partial charge in [0.2, 0.25) is 23.2 Å². The van der Waals surface area contributed by atoms with Crippen LogP contribution in [0.2, 0.25) is 0 Å². The van der Waals surface area contributed by atoms with Gasteiger partial charge in [0.05, 0.1) is 23.3 Å². The third-order valence-electron chi connectivity index (χ3n) is 19.5. The van der Waals surface area contributed by atoms with E-state index in [-0.39, 0.29) is 142 Å². The van der Waals surface area contributed by atoms with Crippen LogP contribution >= 0.6 is 0 Å². The van der Waals surface area contributed by atoms with E-state index in [1.54, 1.807) is 69.3 Å². The molecule has 8 atom stereocenters. The number of carbonyl (C=O) groups is 9. The van der Waals surface area contributed by atoms with Crippen molar-refractivity contribution in [2.75, 3.05) is 68.5 Å². The Morgan fingerprint density at radius 3 is 2.25 bits per heavy atom. The Hall–Kier alpha value is -10.2. The highest BCUT2D eigenvalue weighted by atomic mass is 16.7. The summed E-state index contributed by atoms with van der Waals surface area (Å²) in [6, 6.07) is 7.46. The number of esters is 1. The van der Waals surface area contributed by atoms with Crippen LogP contribution in [0.4, 0.5) is 21.9 Å². The van der Waals surface area contributed by atoms with Gasteiger partial charge in [0.25, 0.3) is 23.5 Å². The number of ether oxygens (including phenoxy) is 5. The minimum absolute atomic E-state index is 0.0252. The average Bonchev–Trinajstić information content (AvgIpc) is 1.64. The molecule has 1 saturated heterocycles. The Bertz CT molecular complexity index is 4230. The molecule has 1 aliphatic carbocycles. The number of unbranched alkanes of at least 4 members (excludes halogenated alkanes) is 2. The molecule has 564 valence electrons. The summed E-state index contributed by atoms with van der Waals surface area (Å²) in [6.07, 6.45) is 13.1. The number of nitrogens with one attached hydrogen (secondary N) is 5. The molecule has 0 aromatic heterocycles. The number of nitrogens with zero attached hydrogens (tertiary/aromatic N) is 4. The molecular formula is C78H100N10O17. The molecular weight excluding hydrogens is 1350 g/mol. The van der Waals surface area contributed by atoms with Crippen molar-refractivity contribution in [2.24, 2.45) is 35.3 Å². The van der Waals surface area contributed by atoms with Crippen LogP contribution < -0.4 is 52.1 Å². The van der Waals surface area contributed by atoms with Crippen molar-refractivity contribution >= 4 is 92.2 Å². The first-order valence-corrected chi connectivity index (χ1v) is 36.2. The van der Waals surface area contributed by atoms with Crippen LogP contribution in [0.15, 0.2) is 93.9 Å². The Balaban J connectivity index is 1.05. The van der Waals surface area contributed by atoms with Crippen LogP contribution in [0, 0.1) is 36.5 Å². The summed E-state index contributed by atoms with van der Waals surface area (Å²) in [4.78, 5) is 146. The zero-order valence-corrected chi connectivity index (χ0v) is 62.1. The number of nitrogens with two attached hydrogens (primary N) is 1. The monoisotopic (exact) mass is 1450 g/mol. The SMILES string of the molecule is CO[C@H]1/C=C/O[C@@]2(C)Oc3c(C)c(O)c4c(=O)c(c5oc6cc(N7CCN(CC(C)C)CC7)cc(OCc7ccc(NC(=O)[C@H](CCCNC(N)=O)NC(=O)[C@@H](NC(=O)CCCCCN8C(=O)C=CC8=O)C(C)C)cc7)c6nc-5c4c3C2=O)NC(=O)/C(C)=C\C=C\[C@H](C)C[C@@H](C)C[C@@H](C)[C@H](OC(C)=O)C1. The van der Waals surface area contributed by atoms with Crippen molar-refractivity contribution in [1.29, 1.82) is 0 Å². The molecule has 0 radical (unpaired) electrons. The van der Waals surface area contributed by atoms with E-state index in [0.29, 0.717) is 55.2 Å². The number of hydrogen-bond acceptors (Lipinski definition) is 20. The fourth-order valence-electron chi connectivity index (χ4n) is 13.9. The van der Waals surface area contributed by atoms with Crippen molar-refractivity contribution < 1.29 is 76.4 Å². The van der Waals surface area contributed by atoms with E-state index in [2.05, 4.69) is 64.1 Å². The number of primary amides is 1. The van der Waals surface area contributed by atoms with Gasteiger partial charge in [0.1, 0.15) is 53.2 Å². The molecule has 9 rings (SSSR count).